The molecule has 1 amide bonds. The molecule has 0 radical (unpaired) electrons. The van der Waals surface area contributed by atoms with Gasteiger partial charge in [0.2, 0.25) is 5.43 Å². The SMILES string of the molecule is Cc1cc(=O)c(C(=O)Nc2cc(Cl)c(N)c(Cl)c2)nn1-c1ccccc1C(F)(F)F. The lowest BCUT2D eigenvalue weighted by Crippen LogP contribution is -2.27. The quantitative estimate of drug-likeness (QED) is 0.558. The van der Waals surface area contributed by atoms with Gasteiger partial charge in [-0.1, -0.05) is 35.3 Å². The number of hydrogen-bond donors (Lipinski definition) is 2. The molecule has 6 nitrogen and oxygen atoms in total. The summed E-state index contributed by atoms with van der Waals surface area (Å²) in [5.41, 5.74) is 3.33. The van der Waals surface area contributed by atoms with Crippen molar-refractivity contribution >= 4 is 40.5 Å². The molecule has 1 heterocycles. The summed E-state index contributed by atoms with van der Waals surface area (Å²) in [6.45, 7) is 1.41. The molecule has 3 N–H and O–H groups in total. The first-order chi connectivity index (χ1) is 14.0. The number of rotatable bonds is 3. The number of alkyl halides is 3. The van der Waals surface area contributed by atoms with E-state index in [0.717, 1.165) is 16.8 Å². The van der Waals surface area contributed by atoms with Gasteiger partial charge in [-0.25, -0.2) is 4.68 Å². The fraction of sp³-hybridized carbons (Fsp3) is 0.105. The lowest BCUT2D eigenvalue weighted by Gasteiger charge is -2.16. The molecule has 0 fully saturated rings. The minimum Gasteiger partial charge on any atom is -0.396 e. The standard InChI is InChI=1S/C19H13Cl2F3N4O2/c1-9-6-15(29)17(18(30)26-10-7-12(20)16(25)13(21)8-10)27-28(9)14-5-3-2-4-11(14)19(22,23)24/h2-8H,25H2,1H3,(H,26,30). The highest BCUT2D eigenvalue weighted by Crippen LogP contribution is 2.34. The summed E-state index contributed by atoms with van der Waals surface area (Å²) in [6, 6.07) is 8.34. The summed E-state index contributed by atoms with van der Waals surface area (Å²) >= 11 is 11.8. The van der Waals surface area contributed by atoms with Crippen LogP contribution in [0.4, 0.5) is 24.5 Å². The topological polar surface area (TPSA) is 90.0 Å². The van der Waals surface area contributed by atoms with Crippen molar-refractivity contribution in [3.05, 3.63) is 79.7 Å². The molecular weight excluding hydrogens is 444 g/mol. The predicted molar refractivity (Wildman–Crippen MR) is 108 cm³/mol. The first-order valence-electron chi connectivity index (χ1n) is 8.32. The Morgan fingerprint density at radius 2 is 1.73 bits per heavy atom. The zero-order valence-electron chi connectivity index (χ0n) is 15.2. The Morgan fingerprint density at radius 1 is 1.13 bits per heavy atom. The first-order valence-corrected chi connectivity index (χ1v) is 9.08. The number of para-hydroxylation sites is 1. The van der Waals surface area contributed by atoms with Crippen molar-refractivity contribution in [2.75, 3.05) is 11.1 Å². The summed E-state index contributed by atoms with van der Waals surface area (Å²) in [5, 5.41) is 6.42. The minimum absolute atomic E-state index is 0.0752. The number of carbonyl (C=O) groups is 1. The summed E-state index contributed by atoms with van der Waals surface area (Å²) in [5.74, 6) is -0.949. The first kappa shape index (κ1) is 21.7. The van der Waals surface area contributed by atoms with Crippen LogP contribution in [0.25, 0.3) is 5.69 Å². The van der Waals surface area contributed by atoms with Gasteiger partial charge in [-0.05, 0) is 31.2 Å². The number of hydrogen-bond acceptors (Lipinski definition) is 4. The monoisotopic (exact) mass is 456 g/mol. The van der Waals surface area contributed by atoms with Gasteiger partial charge in [-0.2, -0.15) is 18.3 Å². The Labute approximate surface area is 178 Å². The average molecular weight is 457 g/mol. The molecule has 3 rings (SSSR count). The largest absolute Gasteiger partial charge is 0.418 e. The minimum atomic E-state index is -4.66. The van der Waals surface area contributed by atoms with Gasteiger partial charge in [-0.3, -0.25) is 9.59 Å². The van der Waals surface area contributed by atoms with Crippen LogP contribution >= 0.6 is 23.2 Å². The molecule has 0 aliphatic heterocycles. The van der Waals surface area contributed by atoms with Crippen LogP contribution in [0.2, 0.25) is 10.0 Å². The van der Waals surface area contributed by atoms with Crippen molar-refractivity contribution < 1.29 is 18.0 Å². The third-order valence-corrected chi connectivity index (χ3v) is 4.72. The number of benzene rings is 2. The highest BCUT2D eigenvalue weighted by atomic mass is 35.5. The fourth-order valence-corrected chi connectivity index (χ4v) is 3.18. The van der Waals surface area contributed by atoms with E-state index in [4.69, 9.17) is 28.9 Å². The van der Waals surface area contributed by atoms with Crippen LogP contribution < -0.4 is 16.5 Å². The maximum atomic E-state index is 13.4. The van der Waals surface area contributed by atoms with Crippen LogP contribution in [0.1, 0.15) is 21.7 Å². The second-order valence-electron chi connectivity index (χ2n) is 6.23. The van der Waals surface area contributed by atoms with Gasteiger partial charge in [0.05, 0.1) is 27.0 Å². The molecule has 2 aromatic carbocycles. The molecule has 0 atom stereocenters. The van der Waals surface area contributed by atoms with E-state index in [-0.39, 0.29) is 32.8 Å². The van der Waals surface area contributed by atoms with E-state index in [1.54, 1.807) is 0 Å². The molecule has 156 valence electrons. The van der Waals surface area contributed by atoms with E-state index in [0.29, 0.717) is 0 Å². The lowest BCUT2D eigenvalue weighted by molar-refractivity contribution is -0.137. The zero-order chi connectivity index (χ0) is 22.2. The van der Waals surface area contributed by atoms with Gasteiger partial charge in [0.1, 0.15) is 0 Å². The van der Waals surface area contributed by atoms with E-state index in [9.17, 15) is 22.8 Å². The van der Waals surface area contributed by atoms with E-state index in [2.05, 4.69) is 10.4 Å². The molecule has 1 aromatic heterocycles. The zero-order valence-corrected chi connectivity index (χ0v) is 16.7. The number of amides is 1. The van der Waals surface area contributed by atoms with E-state index >= 15 is 0 Å². The van der Waals surface area contributed by atoms with Gasteiger partial charge in [0.15, 0.2) is 5.69 Å². The van der Waals surface area contributed by atoms with Crippen LogP contribution in [0, 0.1) is 6.92 Å². The van der Waals surface area contributed by atoms with E-state index in [1.807, 2.05) is 0 Å². The van der Waals surface area contributed by atoms with Crippen LogP contribution in [0.15, 0.2) is 47.3 Å². The molecule has 0 aliphatic rings. The maximum Gasteiger partial charge on any atom is 0.418 e. The number of nitrogen functional groups attached to an aromatic ring is 1. The Hall–Kier alpha value is -3.04. The van der Waals surface area contributed by atoms with Gasteiger partial charge in [-0.15, -0.1) is 0 Å². The van der Waals surface area contributed by atoms with Gasteiger partial charge in [0.25, 0.3) is 5.91 Å². The number of aromatic nitrogens is 2. The maximum absolute atomic E-state index is 13.4. The molecule has 11 heteroatoms. The summed E-state index contributed by atoms with van der Waals surface area (Å²) in [6.07, 6.45) is -4.66. The molecule has 0 saturated carbocycles. The van der Waals surface area contributed by atoms with Crippen LogP contribution in [0.5, 0.6) is 0 Å². The summed E-state index contributed by atoms with van der Waals surface area (Å²) in [7, 11) is 0. The van der Waals surface area contributed by atoms with Gasteiger partial charge >= 0.3 is 6.18 Å². The molecule has 0 unspecified atom stereocenters. The molecular formula is C19H13Cl2F3N4O2. The van der Waals surface area contributed by atoms with Crippen molar-refractivity contribution in [3.8, 4) is 5.69 Å². The smallest absolute Gasteiger partial charge is 0.396 e. The van der Waals surface area contributed by atoms with Gasteiger partial charge in [0, 0.05) is 17.4 Å². The number of aryl methyl sites for hydroxylation is 1. The molecule has 0 spiro atoms. The van der Waals surface area contributed by atoms with Crippen molar-refractivity contribution in [1.82, 2.24) is 9.78 Å². The van der Waals surface area contributed by atoms with Crippen LogP contribution in [0.3, 0.4) is 0 Å². The van der Waals surface area contributed by atoms with E-state index < -0.39 is 28.8 Å². The number of nitrogens with zero attached hydrogens (tertiary/aromatic N) is 2. The third kappa shape index (κ3) is 4.27. The molecule has 0 saturated heterocycles. The van der Waals surface area contributed by atoms with Crippen molar-refractivity contribution in [2.45, 2.75) is 13.1 Å². The number of halogens is 5. The normalized spacial score (nSPS) is 11.4. The Morgan fingerprint density at radius 3 is 2.33 bits per heavy atom. The number of anilines is 2. The van der Waals surface area contributed by atoms with Gasteiger partial charge < -0.3 is 11.1 Å². The molecule has 0 aliphatic carbocycles. The third-order valence-electron chi connectivity index (χ3n) is 4.10. The van der Waals surface area contributed by atoms with Crippen LogP contribution in [-0.2, 0) is 6.18 Å². The molecule has 3 aromatic rings. The summed E-state index contributed by atoms with van der Waals surface area (Å²) < 4.78 is 41.0. The number of carbonyl (C=O) groups excluding carboxylic acids is 1. The lowest BCUT2D eigenvalue weighted by atomic mass is 10.1. The van der Waals surface area contributed by atoms with Crippen LogP contribution in [-0.4, -0.2) is 15.7 Å². The molecule has 30 heavy (non-hydrogen) atoms. The highest BCUT2D eigenvalue weighted by molar-refractivity contribution is 6.39. The Balaban J connectivity index is 2.07. The van der Waals surface area contributed by atoms with Crippen molar-refractivity contribution in [2.24, 2.45) is 0 Å². The van der Waals surface area contributed by atoms with Crippen molar-refractivity contribution in [1.29, 1.82) is 0 Å². The van der Waals surface area contributed by atoms with Crippen molar-refractivity contribution in [3.63, 3.8) is 0 Å². The number of nitrogens with two attached hydrogens (primary N) is 1. The number of nitrogens with one attached hydrogen (secondary N) is 1. The summed E-state index contributed by atoms with van der Waals surface area (Å²) in [4.78, 5) is 24.9. The Bertz CT molecular complexity index is 1190. The molecule has 0 bridgehead atoms. The highest BCUT2D eigenvalue weighted by Gasteiger charge is 2.34. The second-order valence-corrected chi connectivity index (χ2v) is 7.05. The average Bonchev–Trinajstić information content (AvgIpc) is 2.65. The Kier molecular flexibility index (Phi) is 5.78. The fourth-order valence-electron chi connectivity index (χ4n) is 2.69. The second kappa shape index (κ2) is 8.00. The van der Waals surface area contributed by atoms with E-state index in [1.165, 1.54) is 37.3 Å². The predicted octanol–water partition coefficient (Wildman–Crippen LogP) is 4.70.